The van der Waals surface area contributed by atoms with E-state index >= 15 is 0 Å². The summed E-state index contributed by atoms with van der Waals surface area (Å²) in [5.41, 5.74) is 4.12. The van der Waals surface area contributed by atoms with Crippen LogP contribution in [0.25, 0.3) is 28.2 Å². The van der Waals surface area contributed by atoms with E-state index in [-0.39, 0.29) is 4.90 Å². The number of hydrogen-bond donors (Lipinski definition) is 0. The zero-order valence-electron chi connectivity index (χ0n) is 14.8. The van der Waals surface area contributed by atoms with Crippen LogP contribution < -0.4 is 0 Å². The van der Waals surface area contributed by atoms with Crippen LogP contribution in [0.5, 0.6) is 0 Å². The highest BCUT2D eigenvalue weighted by Crippen LogP contribution is 2.30. The molecular formula is C22H18N2O2S. The van der Waals surface area contributed by atoms with Crippen molar-refractivity contribution in [3.8, 4) is 28.2 Å². The average Bonchev–Trinajstić information content (AvgIpc) is 3.14. The average molecular weight is 374 g/mol. The van der Waals surface area contributed by atoms with E-state index in [1.54, 1.807) is 22.9 Å². The van der Waals surface area contributed by atoms with Crippen molar-refractivity contribution in [2.75, 3.05) is 6.26 Å². The van der Waals surface area contributed by atoms with Crippen molar-refractivity contribution in [2.45, 2.75) is 4.90 Å². The van der Waals surface area contributed by atoms with Gasteiger partial charge in [0.05, 0.1) is 22.0 Å². The lowest BCUT2D eigenvalue weighted by Gasteiger charge is -2.11. The molecule has 1 heterocycles. The second-order valence-corrected chi connectivity index (χ2v) is 8.28. The molecule has 0 radical (unpaired) electrons. The Morgan fingerprint density at radius 1 is 0.741 bits per heavy atom. The van der Waals surface area contributed by atoms with Crippen LogP contribution in [-0.4, -0.2) is 24.5 Å². The van der Waals surface area contributed by atoms with E-state index in [9.17, 15) is 8.42 Å². The zero-order chi connectivity index (χ0) is 18.9. The molecule has 134 valence electrons. The number of para-hydroxylation sites is 1. The fourth-order valence-corrected chi connectivity index (χ4v) is 3.94. The molecule has 0 unspecified atom stereocenters. The van der Waals surface area contributed by atoms with Crippen LogP contribution in [0.4, 0.5) is 0 Å². The van der Waals surface area contributed by atoms with E-state index in [4.69, 9.17) is 5.10 Å². The third-order valence-electron chi connectivity index (χ3n) is 4.34. The first-order valence-corrected chi connectivity index (χ1v) is 10.4. The molecule has 3 aromatic carbocycles. The Balaban J connectivity index is 2.00. The van der Waals surface area contributed by atoms with Crippen molar-refractivity contribution in [1.82, 2.24) is 9.78 Å². The van der Waals surface area contributed by atoms with Crippen LogP contribution in [0, 0.1) is 0 Å². The number of nitrogens with zero attached hydrogens (tertiary/aromatic N) is 2. The largest absolute Gasteiger partial charge is 0.231 e. The van der Waals surface area contributed by atoms with Crippen molar-refractivity contribution in [3.63, 3.8) is 0 Å². The second-order valence-electron chi connectivity index (χ2n) is 6.30. The Morgan fingerprint density at radius 3 is 1.93 bits per heavy atom. The smallest absolute Gasteiger partial charge is 0.177 e. The summed E-state index contributed by atoms with van der Waals surface area (Å²) < 4.78 is 26.3. The maximum absolute atomic E-state index is 12.3. The van der Waals surface area contributed by atoms with Gasteiger partial charge in [0.1, 0.15) is 0 Å². The van der Waals surface area contributed by atoms with E-state index in [0.717, 1.165) is 22.5 Å². The number of aromatic nitrogens is 2. The van der Waals surface area contributed by atoms with Crippen molar-refractivity contribution in [3.05, 3.63) is 91.0 Å². The normalized spacial score (nSPS) is 11.4. The molecular weight excluding hydrogens is 356 g/mol. The summed E-state index contributed by atoms with van der Waals surface area (Å²) in [7, 11) is -3.40. The molecule has 0 bridgehead atoms. The summed E-state index contributed by atoms with van der Waals surface area (Å²) in [5, 5.41) is 4.75. The van der Waals surface area contributed by atoms with Crippen molar-refractivity contribution >= 4 is 9.84 Å². The van der Waals surface area contributed by atoms with Crippen molar-refractivity contribution in [2.24, 2.45) is 0 Å². The molecule has 5 heteroatoms. The fraction of sp³-hybridized carbons (Fsp3) is 0.0455. The molecule has 27 heavy (non-hydrogen) atoms. The van der Waals surface area contributed by atoms with Crippen molar-refractivity contribution in [1.29, 1.82) is 0 Å². The van der Waals surface area contributed by atoms with Crippen LogP contribution in [-0.2, 0) is 9.84 Å². The highest BCUT2D eigenvalue weighted by Gasteiger charge is 2.19. The fourth-order valence-electron chi connectivity index (χ4n) is 3.07. The summed E-state index contributed by atoms with van der Waals surface area (Å²) in [6.45, 7) is 0. The number of hydrogen-bond acceptors (Lipinski definition) is 3. The third kappa shape index (κ3) is 3.41. The maximum atomic E-state index is 12.3. The Bertz CT molecular complexity index is 1180. The predicted octanol–water partition coefficient (Wildman–Crippen LogP) is 4.61. The molecule has 0 atom stereocenters. The van der Waals surface area contributed by atoms with Crippen molar-refractivity contribution < 1.29 is 8.42 Å². The molecule has 0 aliphatic rings. The first-order chi connectivity index (χ1) is 13.0. The summed E-state index contributed by atoms with van der Waals surface area (Å²) in [5.74, 6) is 0. The molecule has 0 aliphatic carbocycles. The number of sulfone groups is 1. The molecule has 0 saturated carbocycles. The van der Waals surface area contributed by atoms with Gasteiger partial charge < -0.3 is 0 Å². The number of rotatable bonds is 4. The molecule has 0 fully saturated rings. The number of benzene rings is 3. The van der Waals surface area contributed by atoms with Crippen LogP contribution in [0.15, 0.2) is 95.9 Å². The van der Waals surface area contributed by atoms with Gasteiger partial charge in [-0.3, -0.25) is 0 Å². The van der Waals surface area contributed by atoms with E-state index in [0.29, 0.717) is 5.69 Å². The Hall–Kier alpha value is -3.18. The van der Waals surface area contributed by atoms with Gasteiger partial charge in [0.15, 0.2) is 9.84 Å². The summed E-state index contributed by atoms with van der Waals surface area (Å²) >= 11 is 0. The monoisotopic (exact) mass is 374 g/mol. The van der Waals surface area contributed by atoms with Gasteiger partial charge in [-0.1, -0.05) is 72.8 Å². The molecule has 1 aromatic heterocycles. The molecule has 0 N–H and O–H groups in total. The molecule has 4 rings (SSSR count). The van der Waals surface area contributed by atoms with Gasteiger partial charge >= 0.3 is 0 Å². The third-order valence-corrected chi connectivity index (χ3v) is 5.49. The molecule has 0 amide bonds. The molecule has 0 saturated heterocycles. The van der Waals surface area contributed by atoms with Crippen LogP contribution in [0.1, 0.15) is 0 Å². The van der Waals surface area contributed by atoms with Gasteiger partial charge in [-0.25, -0.2) is 13.1 Å². The quantitative estimate of drug-likeness (QED) is 0.524. The summed E-state index contributed by atoms with van der Waals surface area (Å²) in [6.07, 6.45) is 1.22. The van der Waals surface area contributed by atoms with Crippen LogP contribution in [0.2, 0.25) is 0 Å². The first kappa shape index (κ1) is 17.2. The standard InChI is InChI=1S/C22H18N2O2S/c1-27(25,26)22-15-9-8-14-20(22)24-21(18-12-6-3-7-13-18)16-19(23-24)17-10-4-2-5-11-17/h2-16H,1H3. The SMILES string of the molecule is CS(=O)(=O)c1ccccc1-n1nc(-c2ccccc2)cc1-c1ccccc1. The summed E-state index contributed by atoms with van der Waals surface area (Å²) in [4.78, 5) is 0.255. The molecule has 0 spiro atoms. The lowest BCUT2D eigenvalue weighted by Crippen LogP contribution is -2.07. The first-order valence-electron chi connectivity index (χ1n) is 8.54. The second kappa shape index (κ2) is 6.85. The van der Waals surface area contributed by atoms with E-state index < -0.39 is 9.84 Å². The van der Waals surface area contributed by atoms with E-state index in [1.807, 2.05) is 72.8 Å². The minimum absolute atomic E-state index is 0.255. The van der Waals surface area contributed by atoms with Gasteiger partial charge in [-0.05, 0) is 18.2 Å². The Morgan fingerprint density at radius 2 is 1.30 bits per heavy atom. The van der Waals surface area contributed by atoms with Crippen LogP contribution in [0.3, 0.4) is 0 Å². The van der Waals surface area contributed by atoms with Crippen LogP contribution >= 0.6 is 0 Å². The van der Waals surface area contributed by atoms with Gasteiger partial charge in [-0.15, -0.1) is 0 Å². The highest BCUT2D eigenvalue weighted by atomic mass is 32.2. The minimum atomic E-state index is -3.40. The Labute approximate surface area is 158 Å². The molecule has 0 aliphatic heterocycles. The van der Waals surface area contributed by atoms with E-state index in [1.165, 1.54) is 6.26 Å². The summed E-state index contributed by atoms with van der Waals surface area (Å²) in [6, 6.07) is 28.6. The highest BCUT2D eigenvalue weighted by molar-refractivity contribution is 7.90. The molecule has 4 nitrogen and oxygen atoms in total. The Kier molecular flexibility index (Phi) is 4.38. The lowest BCUT2D eigenvalue weighted by molar-refractivity contribution is 0.601. The maximum Gasteiger partial charge on any atom is 0.177 e. The van der Waals surface area contributed by atoms with E-state index in [2.05, 4.69) is 0 Å². The zero-order valence-corrected chi connectivity index (χ0v) is 15.6. The molecule has 4 aromatic rings. The topological polar surface area (TPSA) is 52.0 Å². The van der Waals surface area contributed by atoms with Gasteiger partial charge in [-0.2, -0.15) is 5.10 Å². The van der Waals surface area contributed by atoms with Gasteiger partial charge in [0, 0.05) is 17.4 Å². The van der Waals surface area contributed by atoms with Gasteiger partial charge in [0.25, 0.3) is 0 Å². The lowest BCUT2D eigenvalue weighted by atomic mass is 10.1. The predicted molar refractivity (Wildman–Crippen MR) is 108 cm³/mol. The van der Waals surface area contributed by atoms with Gasteiger partial charge in [0.2, 0.25) is 0 Å². The minimum Gasteiger partial charge on any atom is -0.231 e.